The molecule has 8 nitrogen and oxygen atoms in total. The first-order chi connectivity index (χ1) is 11.5. The number of nitrogens with one attached hydrogen (secondary N) is 2. The van der Waals surface area contributed by atoms with Gasteiger partial charge in [0.25, 0.3) is 5.69 Å². The monoisotopic (exact) mass is 328 g/mol. The summed E-state index contributed by atoms with van der Waals surface area (Å²) in [7, 11) is 0. The Bertz CT molecular complexity index is 762. The van der Waals surface area contributed by atoms with Gasteiger partial charge in [0.2, 0.25) is 0 Å². The predicted octanol–water partition coefficient (Wildman–Crippen LogP) is 1.81. The minimum Gasteiger partial charge on any atom is -0.344 e. The Morgan fingerprint density at radius 3 is 2.67 bits per heavy atom. The molecule has 0 unspecified atom stereocenters. The third-order valence-electron chi connectivity index (χ3n) is 3.30. The second kappa shape index (κ2) is 7.82. The lowest BCUT2D eigenvalue weighted by molar-refractivity contribution is -0.385. The van der Waals surface area contributed by atoms with Crippen LogP contribution in [0, 0.1) is 10.1 Å². The number of rotatable bonds is 5. The predicted molar refractivity (Wildman–Crippen MR) is 87.2 cm³/mol. The molecule has 0 radical (unpaired) electrons. The van der Waals surface area contributed by atoms with Crippen molar-refractivity contribution in [1.29, 1.82) is 0 Å². The second-order valence-electron chi connectivity index (χ2n) is 4.95. The lowest BCUT2D eigenvalue weighted by Crippen LogP contribution is -2.35. The van der Waals surface area contributed by atoms with Crippen LogP contribution in [-0.2, 0) is 22.6 Å². The normalized spacial score (nSPS) is 10.0. The minimum absolute atomic E-state index is 0.0916. The van der Waals surface area contributed by atoms with Crippen LogP contribution in [0.5, 0.6) is 0 Å². The fourth-order valence-electron chi connectivity index (χ4n) is 2.06. The SMILES string of the molecule is CCc1ccc(NC(=O)C(=O)NCc2cccnc2)cc1[N+](=O)[O-]. The topological polar surface area (TPSA) is 114 Å². The van der Waals surface area contributed by atoms with E-state index in [4.69, 9.17) is 0 Å². The van der Waals surface area contributed by atoms with E-state index in [1.807, 2.05) is 0 Å². The second-order valence-corrected chi connectivity index (χ2v) is 4.95. The smallest absolute Gasteiger partial charge is 0.313 e. The van der Waals surface area contributed by atoms with E-state index >= 15 is 0 Å². The molecule has 124 valence electrons. The number of anilines is 1. The molecule has 1 aromatic heterocycles. The van der Waals surface area contributed by atoms with Gasteiger partial charge in [0, 0.05) is 36.3 Å². The number of amides is 2. The molecule has 24 heavy (non-hydrogen) atoms. The lowest BCUT2D eigenvalue weighted by atomic mass is 10.1. The Labute approximate surface area is 138 Å². The molecule has 0 bridgehead atoms. The molecule has 2 rings (SSSR count). The fourth-order valence-corrected chi connectivity index (χ4v) is 2.06. The molecule has 2 aromatic rings. The zero-order valence-electron chi connectivity index (χ0n) is 13.0. The highest BCUT2D eigenvalue weighted by molar-refractivity contribution is 6.39. The van der Waals surface area contributed by atoms with Crippen molar-refractivity contribution in [3.63, 3.8) is 0 Å². The van der Waals surface area contributed by atoms with Gasteiger partial charge >= 0.3 is 11.8 Å². The molecular formula is C16H16N4O4. The van der Waals surface area contributed by atoms with E-state index in [0.717, 1.165) is 5.56 Å². The van der Waals surface area contributed by atoms with Crippen LogP contribution in [0.1, 0.15) is 18.1 Å². The summed E-state index contributed by atoms with van der Waals surface area (Å²) in [5.41, 5.74) is 1.41. The van der Waals surface area contributed by atoms with Gasteiger partial charge < -0.3 is 10.6 Å². The van der Waals surface area contributed by atoms with E-state index in [9.17, 15) is 19.7 Å². The molecule has 0 saturated carbocycles. The first-order valence-corrected chi connectivity index (χ1v) is 7.26. The third-order valence-corrected chi connectivity index (χ3v) is 3.30. The molecule has 1 heterocycles. The van der Waals surface area contributed by atoms with Crippen molar-refractivity contribution in [2.75, 3.05) is 5.32 Å². The zero-order valence-corrected chi connectivity index (χ0v) is 13.0. The number of carbonyl (C=O) groups is 2. The van der Waals surface area contributed by atoms with E-state index < -0.39 is 16.7 Å². The summed E-state index contributed by atoms with van der Waals surface area (Å²) >= 11 is 0. The van der Waals surface area contributed by atoms with Crippen molar-refractivity contribution in [3.8, 4) is 0 Å². The number of aryl methyl sites for hydroxylation is 1. The average Bonchev–Trinajstić information content (AvgIpc) is 2.60. The maximum Gasteiger partial charge on any atom is 0.313 e. The first-order valence-electron chi connectivity index (χ1n) is 7.26. The standard InChI is InChI=1S/C16H16N4O4/c1-2-12-5-6-13(8-14(12)20(23)24)19-16(22)15(21)18-10-11-4-3-7-17-9-11/h3-9H,2,10H2,1H3,(H,18,21)(H,19,22). The summed E-state index contributed by atoms with van der Waals surface area (Å²) in [6.45, 7) is 1.96. The summed E-state index contributed by atoms with van der Waals surface area (Å²) in [4.78, 5) is 38.1. The number of nitro benzene ring substituents is 1. The van der Waals surface area contributed by atoms with Crippen molar-refractivity contribution >= 4 is 23.2 Å². The van der Waals surface area contributed by atoms with E-state index in [0.29, 0.717) is 12.0 Å². The molecule has 0 aliphatic rings. The third kappa shape index (κ3) is 4.35. The summed E-state index contributed by atoms with van der Waals surface area (Å²) in [6.07, 6.45) is 3.67. The molecule has 0 aliphatic heterocycles. The summed E-state index contributed by atoms with van der Waals surface area (Å²) in [6, 6.07) is 7.80. The lowest BCUT2D eigenvalue weighted by Gasteiger charge is -2.07. The number of benzene rings is 1. The molecule has 0 aliphatic carbocycles. The Morgan fingerprint density at radius 2 is 2.04 bits per heavy atom. The Morgan fingerprint density at radius 1 is 1.25 bits per heavy atom. The van der Waals surface area contributed by atoms with Gasteiger partial charge in [-0.3, -0.25) is 24.7 Å². The Hall–Kier alpha value is -3.29. The van der Waals surface area contributed by atoms with Gasteiger partial charge in [0.15, 0.2) is 0 Å². The maximum absolute atomic E-state index is 11.9. The zero-order chi connectivity index (χ0) is 17.5. The molecule has 2 N–H and O–H groups in total. The number of nitro groups is 1. The number of pyridine rings is 1. The van der Waals surface area contributed by atoms with Gasteiger partial charge in [-0.2, -0.15) is 0 Å². The van der Waals surface area contributed by atoms with E-state index in [1.54, 1.807) is 37.5 Å². The van der Waals surface area contributed by atoms with Crippen LogP contribution in [0.4, 0.5) is 11.4 Å². The van der Waals surface area contributed by atoms with Gasteiger partial charge in [-0.15, -0.1) is 0 Å². The van der Waals surface area contributed by atoms with Crippen molar-refractivity contribution in [1.82, 2.24) is 10.3 Å². The largest absolute Gasteiger partial charge is 0.344 e. The molecule has 2 amide bonds. The highest BCUT2D eigenvalue weighted by atomic mass is 16.6. The van der Waals surface area contributed by atoms with Gasteiger partial charge in [0.1, 0.15) is 0 Å². The van der Waals surface area contributed by atoms with Crippen LogP contribution in [0.25, 0.3) is 0 Å². The maximum atomic E-state index is 11.9. The van der Waals surface area contributed by atoms with Crippen molar-refractivity contribution in [2.45, 2.75) is 19.9 Å². The molecule has 0 saturated heterocycles. The Balaban J connectivity index is 1.99. The summed E-state index contributed by atoms with van der Waals surface area (Å²) < 4.78 is 0. The minimum atomic E-state index is -0.891. The number of aromatic nitrogens is 1. The van der Waals surface area contributed by atoms with Gasteiger partial charge in [-0.1, -0.05) is 19.1 Å². The van der Waals surface area contributed by atoms with Crippen molar-refractivity contribution in [2.24, 2.45) is 0 Å². The summed E-state index contributed by atoms with van der Waals surface area (Å²) in [5, 5.41) is 15.8. The van der Waals surface area contributed by atoms with E-state index in [-0.39, 0.29) is 17.9 Å². The highest BCUT2D eigenvalue weighted by Gasteiger charge is 2.17. The van der Waals surface area contributed by atoms with E-state index in [1.165, 1.54) is 12.1 Å². The van der Waals surface area contributed by atoms with Gasteiger partial charge in [-0.05, 0) is 24.1 Å². The first kappa shape index (κ1) is 17.1. The molecular weight excluding hydrogens is 312 g/mol. The van der Waals surface area contributed by atoms with Crippen LogP contribution in [0.2, 0.25) is 0 Å². The van der Waals surface area contributed by atoms with Crippen LogP contribution in [0.3, 0.4) is 0 Å². The van der Waals surface area contributed by atoms with Crippen LogP contribution >= 0.6 is 0 Å². The van der Waals surface area contributed by atoms with E-state index in [2.05, 4.69) is 15.6 Å². The number of hydrogen-bond acceptors (Lipinski definition) is 5. The van der Waals surface area contributed by atoms with Crippen LogP contribution in [0.15, 0.2) is 42.7 Å². The molecule has 0 spiro atoms. The number of carbonyl (C=O) groups excluding carboxylic acids is 2. The Kier molecular flexibility index (Phi) is 5.56. The number of hydrogen-bond donors (Lipinski definition) is 2. The fraction of sp³-hybridized carbons (Fsp3) is 0.188. The molecule has 8 heteroatoms. The van der Waals surface area contributed by atoms with Crippen LogP contribution < -0.4 is 10.6 Å². The van der Waals surface area contributed by atoms with Crippen LogP contribution in [-0.4, -0.2) is 21.7 Å². The van der Waals surface area contributed by atoms with Crippen molar-refractivity contribution < 1.29 is 14.5 Å². The number of nitrogens with zero attached hydrogens (tertiary/aromatic N) is 2. The highest BCUT2D eigenvalue weighted by Crippen LogP contribution is 2.23. The average molecular weight is 328 g/mol. The summed E-state index contributed by atoms with van der Waals surface area (Å²) in [5.74, 6) is -1.72. The molecule has 0 atom stereocenters. The van der Waals surface area contributed by atoms with Gasteiger partial charge in [0.05, 0.1) is 4.92 Å². The van der Waals surface area contributed by atoms with Gasteiger partial charge in [-0.25, -0.2) is 0 Å². The molecule has 1 aromatic carbocycles. The molecule has 0 fully saturated rings. The van der Waals surface area contributed by atoms with Crippen molar-refractivity contribution in [3.05, 3.63) is 64.0 Å². The quantitative estimate of drug-likeness (QED) is 0.493.